The van der Waals surface area contributed by atoms with Crippen LogP contribution in [0.3, 0.4) is 0 Å². The Morgan fingerprint density at radius 3 is 2.69 bits per heavy atom. The molecule has 4 N–H and O–H groups in total. The minimum Gasteiger partial charge on any atom is -0.488 e. The molecule has 3 rings (SSSR count). The summed E-state index contributed by atoms with van der Waals surface area (Å²) in [6, 6.07) is 9.77. The van der Waals surface area contributed by atoms with Crippen molar-refractivity contribution in [3.8, 4) is 22.9 Å². The highest BCUT2D eigenvalue weighted by atomic mass is 19.1. The summed E-state index contributed by atoms with van der Waals surface area (Å²) < 4.78 is 24.8. The fraction of sp³-hybridized carbons (Fsp3) is 0.167. The van der Waals surface area contributed by atoms with E-state index < -0.39 is 23.9 Å². The van der Waals surface area contributed by atoms with Crippen molar-refractivity contribution in [2.75, 3.05) is 0 Å². The van der Waals surface area contributed by atoms with Crippen LogP contribution in [0, 0.1) is 17.1 Å². The van der Waals surface area contributed by atoms with E-state index in [4.69, 9.17) is 21.5 Å². The van der Waals surface area contributed by atoms with E-state index in [9.17, 15) is 14.0 Å². The average molecular weight is 355 g/mol. The summed E-state index contributed by atoms with van der Waals surface area (Å²) in [5.41, 5.74) is 12.6. The van der Waals surface area contributed by atoms with Crippen LogP contribution >= 0.6 is 0 Å². The fourth-order valence-electron chi connectivity index (χ4n) is 2.83. The zero-order valence-electron chi connectivity index (χ0n) is 13.5. The van der Waals surface area contributed by atoms with Gasteiger partial charge in [0.2, 0.25) is 0 Å². The van der Waals surface area contributed by atoms with Crippen LogP contribution in [0.15, 0.2) is 30.3 Å². The molecule has 0 unspecified atom stereocenters. The molecule has 2 aromatic rings. The maximum Gasteiger partial charge on any atom is 0.405 e. The molecule has 0 aliphatic carbocycles. The first-order chi connectivity index (χ1) is 12.4. The molecule has 1 aliphatic heterocycles. The number of rotatable bonds is 4. The number of hydrogen-bond acceptors (Lipinski definition) is 5. The third kappa shape index (κ3) is 3.28. The number of amides is 2. The van der Waals surface area contributed by atoms with E-state index in [1.54, 1.807) is 18.2 Å². The number of ether oxygens (including phenoxy) is 2. The number of carbonyl (C=O) groups is 2. The quantitative estimate of drug-likeness (QED) is 0.863. The van der Waals surface area contributed by atoms with E-state index in [0.717, 1.165) is 0 Å². The molecule has 132 valence electrons. The lowest BCUT2D eigenvalue weighted by molar-refractivity contribution is -0.126. The van der Waals surface area contributed by atoms with Gasteiger partial charge in [-0.2, -0.15) is 5.26 Å². The second kappa shape index (κ2) is 6.72. The number of halogens is 1. The van der Waals surface area contributed by atoms with Gasteiger partial charge in [-0.1, -0.05) is 0 Å². The van der Waals surface area contributed by atoms with Gasteiger partial charge in [0.05, 0.1) is 11.6 Å². The van der Waals surface area contributed by atoms with Crippen molar-refractivity contribution in [1.29, 1.82) is 5.26 Å². The highest BCUT2D eigenvalue weighted by molar-refractivity contribution is 5.82. The third-order valence-electron chi connectivity index (χ3n) is 4.04. The van der Waals surface area contributed by atoms with Crippen LogP contribution < -0.4 is 16.2 Å². The first-order valence-corrected chi connectivity index (χ1v) is 7.63. The van der Waals surface area contributed by atoms with Crippen LogP contribution in [0.1, 0.15) is 16.7 Å². The summed E-state index contributed by atoms with van der Waals surface area (Å²) in [6.07, 6.45) is -2.77. The predicted octanol–water partition coefficient (Wildman–Crippen LogP) is 1.75. The van der Waals surface area contributed by atoms with Crippen molar-refractivity contribution in [1.82, 2.24) is 0 Å². The molecular weight excluding hydrogens is 341 g/mol. The monoisotopic (exact) mass is 355 g/mol. The van der Waals surface area contributed by atoms with Gasteiger partial charge < -0.3 is 20.9 Å². The van der Waals surface area contributed by atoms with E-state index in [1.165, 1.54) is 12.1 Å². The van der Waals surface area contributed by atoms with Gasteiger partial charge in [-0.05, 0) is 47.0 Å². The molecule has 0 bridgehead atoms. The van der Waals surface area contributed by atoms with Crippen LogP contribution in [0.2, 0.25) is 0 Å². The zero-order chi connectivity index (χ0) is 18.8. The molecule has 7 nitrogen and oxygen atoms in total. The van der Waals surface area contributed by atoms with Crippen molar-refractivity contribution < 1.29 is 23.5 Å². The van der Waals surface area contributed by atoms with Crippen LogP contribution in [-0.2, 0) is 22.6 Å². The van der Waals surface area contributed by atoms with Crippen LogP contribution in [-0.4, -0.2) is 18.1 Å². The standard InChI is InChI=1S/C18H14FN3O4/c19-14-6-13-11(4-10(14)5-16(17(21)23)26-18(22)24)8-25-15-3-9(7-20)1-2-12(13)15/h1-4,6,16H,5,8H2,(H2,21,23)(H2,22,24)/t16-/m0/s1. The molecule has 0 saturated heterocycles. The molecule has 1 heterocycles. The normalized spacial score (nSPS) is 12.8. The van der Waals surface area contributed by atoms with Crippen LogP contribution in [0.4, 0.5) is 9.18 Å². The Morgan fingerprint density at radius 2 is 2.04 bits per heavy atom. The molecule has 0 aromatic heterocycles. The molecule has 2 aromatic carbocycles. The molecule has 0 fully saturated rings. The number of hydrogen-bond donors (Lipinski definition) is 2. The predicted molar refractivity (Wildman–Crippen MR) is 88.2 cm³/mol. The lowest BCUT2D eigenvalue weighted by atomic mass is 9.92. The first kappa shape index (κ1) is 17.2. The topological polar surface area (TPSA) is 128 Å². The second-order valence-corrected chi connectivity index (χ2v) is 5.74. The number of nitriles is 1. The van der Waals surface area contributed by atoms with Gasteiger partial charge in [-0.3, -0.25) is 4.79 Å². The highest BCUT2D eigenvalue weighted by Crippen LogP contribution is 2.39. The molecule has 1 aliphatic rings. The largest absolute Gasteiger partial charge is 0.488 e. The average Bonchev–Trinajstić information content (AvgIpc) is 2.60. The Hall–Kier alpha value is -3.60. The lowest BCUT2D eigenvalue weighted by Crippen LogP contribution is -2.36. The fourth-order valence-corrected chi connectivity index (χ4v) is 2.83. The Balaban J connectivity index is 1.97. The van der Waals surface area contributed by atoms with Crippen LogP contribution in [0.25, 0.3) is 11.1 Å². The summed E-state index contributed by atoms with van der Waals surface area (Å²) in [6.45, 7) is 0.169. The number of nitrogens with two attached hydrogens (primary N) is 2. The molecule has 0 radical (unpaired) electrons. The van der Waals surface area contributed by atoms with E-state index in [0.29, 0.717) is 28.0 Å². The molecule has 26 heavy (non-hydrogen) atoms. The Kier molecular flexibility index (Phi) is 4.45. The number of benzene rings is 2. The van der Waals surface area contributed by atoms with E-state index in [1.807, 2.05) is 6.07 Å². The molecule has 2 amide bonds. The van der Waals surface area contributed by atoms with Crippen molar-refractivity contribution in [3.63, 3.8) is 0 Å². The minimum atomic E-state index is -1.37. The van der Waals surface area contributed by atoms with Gasteiger partial charge >= 0.3 is 6.09 Å². The smallest absolute Gasteiger partial charge is 0.405 e. The summed E-state index contributed by atoms with van der Waals surface area (Å²) in [4.78, 5) is 22.2. The lowest BCUT2D eigenvalue weighted by Gasteiger charge is -2.22. The third-order valence-corrected chi connectivity index (χ3v) is 4.04. The number of primary amides is 2. The van der Waals surface area contributed by atoms with E-state index in [2.05, 4.69) is 4.74 Å². The van der Waals surface area contributed by atoms with Crippen LogP contribution in [0.5, 0.6) is 5.75 Å². The van der Waals surface area contributed by atoms with Gasteiger partial charge in [-0.25, -0.2) is 9.18 Å². The van der Waals surface area contributed by atoms with Gasteiger partial charge in [0.1, 0.15) is 18.2 Å². The zero-order valence-corrected chi connectivity index (χ0v) is 13.5. The second-order valence-electron chi connectivity index (χ2n) is 5.74. The van der Waals surface area contributed by atoms with E-state index >= 15 is 0 Å². The molecule has 0 spiro atoms. The Labute approximate surface area is 147 Å². The molecular formula is C18H14FN3O4. The van der Waals surface area contributed by atoms with Gasteiger partial charge in [0.15, 0.2) is 6.10 Å². The number of carbonyl (C=O) groups excluding carboxylic acids is 2. The molecule has 1 atom stereocenters. The first-order valence-electron chi connectivity index (χ1n) is 7.63. The van der Waals surface area contributed by atoms with E-state index in [-0.39, 0.29) is 18.6 Å². The van der Waals surface area contributed by atoms with Gasteiger partial charge in [0, 0.05) is 12.0 Å². The van der Waals surface area contributed by atoms with Crippen molar-refractivity contribution in [2.45, 2.75) is 19.1 Å². The maximum absolute atomic E-state index is 14.6. The Bertz CT molecular complexity index is 952. The minimum absolute atomic E-state index is 0.148. The molecule has 0 saturated carbocycles. The summed E-state index contributed by atoms with van der Waals surface area (Å²) in [7, 11) is 0. The van der Waals surface area contributed by atoms with Gasteiger partial charge in [0.25, 0.3) is 5.91 Å². The summed E-state index contributed by atoms with van der Waals surface area (Å²) in [5.74, 6) is -1.01. The molecule has 8 heteroatoms. The van der Waals surface area contributed by atoms with Crippen molar-refractivity contribution in [2.24, 2.45) is 11.5 Å². The van der Waals surface area contributed by atoms with Gasteiger partial charge in [-0.15, -0.1) is 0 Å². The highest BCUT2D eigenvalue weighted by Gasteiger charge is 2.25. The van der Waals surface area contributed by atoms with Crippen molar-refractivity contribution in [3.05, 3.63) is 52.8 Å². The number of nitrogens with zero attached hydrogens (tertiary/aromatic N) is 1. The Morgan fingerprint density at radius 1 is 1.27 bits per heavy atom. The SMILES string of the molecule is N#Cc1ccc2c(c1)OCc1cc(C[C@H](OC(N)=O)C(N)=O)c(F)cc1-2. The summed E-state index contributed by atoms with van der Waals surface area (Å²) >= 11 is 0. The maximum atomic E-state index is 14.6. The summed E-state index contributed by atoms with van der Waals surface area (Å²) in [5, 5.41) is 8.96. The van der Waals surface area contributed by atoms with Crippen molar-refractivity contribution >= 4 is 12.0 Å². The number of fused-ring (bicyclic) bond motifs is 3.